The maximum Gasteiger partial charge on any atom is 0.310 e. The van der Waals surface area contributed by atoms with E-state index in [1.165, 1.54) is 16.4 Å². The summed E-state index contributed by atoms with van der Waals surface area (Å²) in [5, 5.41) is 2.93. The van der Waals surface area contributed by atoms with Crippen molar-refractivity contribution in [2.45, 2.75) is 69.2 Å². The summed E-state index contributed by atoms with van der Waals surface area (Å²) in [5.74, 6) is -0.0721. The summed E-state index contributed by atoms with van der Waals surface area (Å²) in [6.45, 7) is 3.04. The van der Waals surface area contributed by atoms with Crippen LogP contribution in [0.2, 0.25) is 0 Å². The number of carbonyl (C=O) groups excluding carboxylic acids is 2. The molecule has 0 radical (unpaired) electrons. The first-order valence-electron chi connectivity index (χ1n) is 10.9. The number of sulfonamides is 1. The van der Waals surface area contributed by atoms with E-state index in [1.807, 2.05) is 0 Å². The third-order valence-corrected chi connectivity index (χ3v) is 7.88. The summed E-state index contributed by atoms with van der Waals surface area (Å²) in [5.41, 5.74) is 0.652. The van der Waals surface area contributed by atoms with Crippen LogP contribution in [-0.4, -0.2) is 50.3 Å². The Kier molecular flexibility index (Phi) is 7.88. The van der Waals surface area contributed by atoms with E-state index in [9.17, 15) is 18.0 Å². The van der Waals surface area contributed by atoms with Gasteiger partial charge in [-0.25, -0.2) is 8.42 Å². The highest BCUT2D eigenvalue weighted by molar-refractivity contribution is 7.89. The van der Waals surface area contributed by atoms with Crippen molar-refractivity contribution in [3.05, 3.63) is 29.8 Å². The summed E-state index contributed by atoms with van der Waals surface area (Å²) in [7, 11) is -3.48. The SMILES string of the molecule is CC1CCC(NC(=O)COC(=O)Cc2ccc(S(=O)(=O)N3CCCCC3)cc2)CC1. The van der Waals surface area contributed by atoms with Crippen LogP contribution in [0.3, 0.4) is 0 Å². The summed E-state index contributed by atoms with van der Waals surface area (Å²) >= 11 is 0. The number of carbonyl (C=O) groups is 2. The molecule has 1 aromatic rings. The van der Waals surface area contributed by atoms with Gasteiger partial charge in [0.15, 0.2) is 6.61 Å². The highest BCUT2D eigenvalue weighted by Gasteiger charge is 2.26. The molecule has 3 rings (SSSR count). The molecule has 2 fully saturated rings. The van der Waals surface area contributed by atoms with Gasteiger partial charge in [0.2, 0.25) is 10.0 Å². The zero-order valence-corrected chi connectivity index (χ0v) is 18.5. The Hall–Kier alpha value is -1.93. The molecule has 7 nitrogen and oxygen atoms in total. The van der Waals surface area contributed by atoms with E-state index < -0.39 is 16.0 Å². The van der Waals surface area contributed by atoms with Crippen molar-refractivity contribution in [2.75, 3.05) is 19.7 Å². The Bertz CT molecular complexity index is 824. The number of hydrogen-bond acceptors (Lipinski definition) is 5. The van der Waals surface area contributed by atoms with Crippen molar-refractivity contribution in [1.82, 2.24) is 9.62 Å². The fourth-order valence-electron chi connectivity index (χ4n) is 4.07. The van der Waals surface area contributed by atoms with Gasteiger partial charge in [0.25, 0.3) is 5.91 Å². The Labute approximate surface area is 179 Å². The van der Waals surface area contributed by atoms with Gasteiger partial charge in [-0.05, 0) is 62.1 Å². The second-order valence-electron chi connectivity index (χ2n) is 8.47. The molecular weight excluding hydrogens is 404 g/mol. The molecule has 1 saturated heterocycles. The molecule has 1 amide bonds. The van der Waals surface area contributed by atoms with E-state index in [1.54, 1.807) is 12.1 Å². The van der Waals surface area contributed by atoms with E-state index in [2.05, 4.69) is 12.2 Å². The van der Waals surface area contributed by atoms with Gasteiger partial charge in [-0.2, -0.15) is 4.31 Å². The van der Waals surface area contributed by atoms with Crippen LogP contribution in [-0.2, 0) is 30.8 Å². The lowest BCUT2D eigenvalue weighted by molar-refractivity contribution is -0.148. The lowest BCUT2D eigenvalue weighted by Gasteiger charge is -2.26. The van der Waals surface area contributed by atoms with E-state index in [0.29, 0.717) is 24.6 Å². The maximum atomic E-state index is 12.7. The number of amides is 1. The average molecular weight is 437 g/mol. The second kappa shape index (κ2) is 10.4. The lowest BCUT2D eigenvalue weighted by Crippen LogP contribution is -2.39. The molecule has 0 bridgehead atoms. The molecule has 2 aliphatic rings. The third-order valence-electron chi connectivity index (χ3n) is 5.97. The predicted octanol–water partition coefficient (Wildman–Crippen LogP) is 2.64. The highest BCUT2D eigenvalue weighted by atomic mass is 32.2. The number of ether oxygens (including phenoxy) is 1. The van der Waals surface area contributed by atoms with Crippen molar-refractivity contribution in [3.63, 3.8) is 0 Å². The predicted molar refractivity (Wildman–Crippen MR) is 113 cm³/mol. The number of rotatable bonds is 7. The fourth-order valence-corrected chi connectivity index (χ4v) is 5.59. The third kappa shape index (κ3) is 6.28. The number of hydrogen-bond donors (Lipinski definition) is 1. The largest absolute Gasteiger partial charge is 0.455 e. The molecular formula is C22H32N2O5S. The van der Waals surface area contributed by atoms with Gasteiger partial charge in [0.1, 0.15) is 0 Å². The van der Waals surface area contributed by atoms with Crippen LogP contribution in [0.5, 0.6) is 0 Å². The summed E-state index contributed by atoms with van der Waals surface area (Å²) in [6, 6.07) is 6.48. The van der Waals surface area contributed by atoms with E-state index in [-0.39, 0.29) is 29.9 Å². The monoisotopic (exact) mass is 436 g/mol. The van der Waals surface area contributed by atoms with E-state index in [0.717, 1.165) is 44.9 Å². The molecule has 1 N–H and O–H groups in total. The topological polar surface area (TPSA) is 92.8 Å². The molecule has 30 heavy (non-hydrogen) atoms. The van der Waals surface area contributed by atoms with Gasteiger partial charge < -0.3 is 10.1 Å². The van der Waals surface area contributed by atoms with Crippen molar-refractivity contribution in [1.29, 1.82) is 0 Å². The van der Waals surface area contributed by atoms with Gasteiger partial charge in [0, 0.05) is 19.1 Å². The van der Waals surface area contributed by atoms with E-state index >= 15 is 0 Å². The van der Waals surface area contributed by atoms with Crippen molar-refractivity contribution in [3.8, 4) is 0 Å². The molecule has 1 aliphatic carbocycles. The van der Waals surface area contributed by atoms with Crippen LogP contribution >= 0.6 is 0 Å². The molecule has 8 heteroatoms. The first-order chi connectivity index (χ1) is 14.3. The molecule has 1 saturated carbocycles. The van der Waals surface area contributed by atoms with Crippen LogP contribution in [0.1, 0.15) is 57.4 Å². The zero-order valence-electron chi connectivity index (χ0n) is 17.6. The summed E-state index contributed by atoms with van der Waals surface area (Å²) in [4.78, 5) is 24.3. The Morgan fingerprint density at radius 3 is 2.30 bits per heavy atom. The van der Waals surface area contributed by atoms with Gasteiger partial charge >= 0.3 is 5.97 Å². The van der Waals surface area contributed by atoms with Gasteiger partial charge in [0.05, 0.1) is 11.3 Å². The molecule has 0 atom stereocenters. The van der Waals surface area contributed by atoms with Gasteiger partial charge in [-0.1, -0.05) is 25.5 Å². The summed E-state index contributed by atoms with van der Waals surface area (Å²) < 4.78 is 31.9. The lowest BCUT2D eigenvalue weighted by atomic mass is 9.87. The number of nitrogens with one attached hydrogen (secondary N) is 1. The Balaban J connectivity index is 1.44. The minimum absolute atomic E-state index is 0.00172. The quantitative estimate of drug-likeness (QED) is 0.664. The highest BCUT2D eigenvalue weighted by Crippen LogP contribution is 2.23. The van der Waals surface area contributed by atoms with Crippen molar-refractivity contribution >= 4 is 21.9 Å². The Morgan fingerprint density at radius 1 is 1.03 bits per heavy atom. The van der Waals surface area contributed by atoms with Crippen LogP contribution < -0.4 is 5.32 Å². The zero-order chi connectivity index (χ0) is 21.6. The first-order valence-corrected chi connectivity index (χ1v) is 12.3. The number of nitrogens with zero attached hydrogens (tertiary/aromatic N) is 1. The molecule has 166 valence electrons. The average Bonchev–Trinajstić information content (AvgIpc) is 2.75. The minimum Gasteiger partial charge on any atom is -0.455 e. The van der Waals surface area contributed by atoms with Crippen LogP contribution in [0, 0.1) is 5.92 Å². The molecule has 1 heterocycles. The molecule has 0 unspecified atom stereocenters. The maximum absolute atomic E-state index is 12.7. The molecule has 1 aliphatic heterocycles. The summed E-state index contributed by atoms with van der Waals surface area (Å²) in [6.07, 6.45) is 6.97. The van der Waals surface area contributed by atoms with Crippen LogP contribution in [0.4, 0.5) is 0 Å². The molecule has 0 spiro atoms. The molecule has 0 aromatic heterocycles. The van der Waals surface area contributed by atoms with Gasteiger partial charge in [-0.3, -0.25) is 9.59 Å². The Morgan fingerprint density at radius 2 is 1.67 bits per heavy atom. The second-order valence-corrected chi connectivity index (χ2v) is 10.4. The van der Waals surface area contributed by atoms with Crippen molar-refractivity contribution in [2.24, 2.45) is 5.92 Å². The standard InChI is InChI=1S/C22H32N2O5S/c1-17-5-9-19(10-6-17)23-21(25)16-29-22(26)15-18-7-11-20(12-8-18)30(27,28)24-13-3-2-4-14-24/h7-8,11-12,17,19H,2-6,9-10,13-16H2,1H3,(H,23,25). The minimum atomic E-state index is -3.48. The first kappa shape index (κ1) is 22.7. The number of esters is 1. The fraction of sp³-hybridized carbons (Fsp3) is 0.636. The number of piperidine rings is 1. The normalized spacial score (nSPS) is 23.0. The van der Waals surface area contributed by atoms with E-state index in [4.69, 9.17) is 4.74 Å². The van der Waals surface area contributed by atoms with Crippen LogP contribution in [0.25, 0.3) is 0 Å². The van der Waals surface area contributed by atoms with Crippen molar-refractivity contribution < 1.29 is 22.7 Å². The smallest absolute Gasteiger partial charge is 0.310 e. The molecule has 1 aromatic carbocycles. The van der Waals surface area contributed by atoms with Gasteiger partial charge in [-0.15, -0.1) is 0 Å². The number of benzene rings is 1. The van der Waals surface area contributed by atoms with Crippen LogP contribution in [0.15, 0.2) is 29.2 Å².